The van der Waals surface area contributed by atoms with Crippen molar-refractivity contribution >= 4 is 53.0 Å². The van der Waals surface area contributed by atoms with Gasteiger partial charge in [-0.25, -0.2) is 4.79 Å². The molecule has 2 aliphatic heterocycles. The van der Waals surface area contributed by atoms with E-state index >= 15 is 0 Å². The van der Waals surface area contributed by atoms with Gasteiger partial charge in [-0.15, -0.1) is 0 Å². The molecule has 1 fully saturated rings. The highest BCUT2D eigenvalue weighted by Gasteiger charge is 2.43. The number of amides is 7. The number of hydrogen-bond acceptors (Lipinski definition) is 11. The second kappa shape index (κ2) is 29.9. The second-order valence-electron chi connectivity index (χ2n) is 21.0. The minimum absolute atomic E-state index is 0.0359. The van der Waals surface area contributed by atoms with Crippen LogP contribution in [0.2, 0.25) is 0 Å². The Kier molecular flexibility index (Phi) is 24.5. The molecule has 76 heavy (non-hydrogen) atoms. The standard InChI is InChI=1S/C58H85N7O11/c1-13-39(6)53(46(75-11)36-50(69)64-33-20-23-45(64)54(76-12)40(7)55(70)59-44(58(73)74)35-42-21-16-14-17-22-42)63(10)57(72)51(37(2)3)60-56(71)52(38(4)5)61(8)34-31-41-25-27-43(28-26-41)62(9)47(66)24-18-15-19-32-65-48(67)29-30-49(65)68/h14,16-17,21-22,25-30,37-38,40,44-46,51-54H,6,13,15,18-20,23-24,31-36H2,1-5,7-12H3,(H,59,70)(H,60,71)(H,73,74)/t40-,44+,45+,46-,51+,52+,53+,54-/m1/s1. The summed E-state index contributed by atoms with van der Waals surface area (Å²) in [7, 11) is 8.23. The number of hydrogen-bond donors (Lipinski definition) is 3. The van der Waals surface area contributed by atoms with Crippen LogP contribution in [0.25, 0.3) is 0 Å². The van der Waals surface area contributed by atoms with Crippen LogP contribution in [0.15, 0.2) is 78.9 Å². The zero-order valence-corrected chi connectivity index (χ0v) is 46.8. The van der Waals surface area contributed by atoms with Gasteiger partial charge in [0.25, 0.3) is 11.8 Å². The maximum absolute atomic E-state index is 14.7. The molecule has 3 N–H and O–H groups in total. The minimum atomic E-state index is -1.16. The molecule has 0 saturated carbocycles. The van der Waals surface area contributed by atoms with Gasteiger partial charge in [0.1, 0.15) is 12.1 Å². The van der Waals surface area contributed by atoms with Crippen molar-refractivity contribution < 1.29 is 52.9 Å². The van der Waals surface area contributed by atoms with Gasteiger partial charge in [0.15, 0.2) is 0 Å². The molecule has 418 valence electrons. The van der Waals surface area contributed by atoms with Gasteiger partial charge in [-0.2, -0.15) is 0 Å². The van der Waals surface area contributed by atoms with Crippen LogP contribution in [0.1, 0.15) is 104 Å². The lowest BCUT2D eigenvalue weighted by Crippen LogP contribution is -2.59. The van der Waals surface area contributed by atoms with Crippen LogP contribution in [-0.4, -0.2) is 169 Å². The normalized spacial score (nSPS) is 17.3. The fourth-order valence-electron chi connectivity index (χ4n) is 10.4. The molecule has 2 heterocycles. The predicted molar refractivity (Wildman–Crippen MR) is 292 cm³/mol. The number of unbranched alkanes of at least 4 members (excludes halogenated alkanes) is 2. The number of nitrogens with zero attached hydrogens (tertiary/aromatic N) is 5. The number of methoxy groups -OCH3 is 2. The van der Waals surface area contributed by atoms with Crippen LogP contribution in [0, 0.1) is 17.8 Å². The maximum atomic E-state index is 14.7. The molecule has 4 rings (SSSR count). The van der Waals surface area contributed by atoms with Crippen LogP contribution >= 0.6 is 0 Å². The van der Waals surface area contributed by atoms with E-state index < -0.39 is 60.2 Å². The largest absolute Gasteiger partial charge is 0.480 e. The fraction of sp³-hybridized carbons (Fsp3) is 0.586. The Morgan fingerprint density at radius 2 is 1.45 bits per heavy atom. The van der Waals surface area contributed by atoms with Gasteiger partial charge in [-0.05, 0) is 80.7 Å². The number of carbonyl (C=O) groups excluding carboxylic acids is 7. The minimum Gasteiger partial charge on any atom is -0.480 e. The monoisotopic (exact) mass is 1060 g/mol. The number of ether oxygens (including phenoxy) is 2. The van der Waals surface area contributed by atoms with E-state index in [2.05, 4.69) is 17.2 Å². The molecule has 2 aromatic carbocycles. The SMILES string of the molecule is C=C(CC)[C@@H]([C@@H](CC(=O)N1CCC[C@H]1[C@H](OC)[C@@H](C)C(=O)N[C@@H](Cc1ccccc1)C(=O)O)OC)N(C)C(=O)[C@@H](NC(=O)[C@H](C(C)C)N(C)CCc1ccc(N(C)C(=O)CCCCCN2C(=O)C=CC2=O)cc1)C(C)C. The summed E-state index contributed by atoms with van der Waals surface area (Å²) in [4.78, 5) is 114. The Hall–Kier alpha value is -6.24. The summed E-state index contributed by atoms with van der Waals surface area (Å²) in [5.41, 5.74) is 3.20. The zero-order chi connectivity index (χ0) is 56.4. The molecule has 0 aromatic heterocycles. The van der Waals surface area contributed by atoms with E-state index in [1.807, 2.05) is 76.9 Å². The van der Waals surface area contributed by atoms with Crippen LogP contribution in [0.5, 0.6) is 0 Å². The van der Waals surface area contributed by atoms with Gasteiger partial charge in [0, 0.05) is 78.6 Å². The third kappa shape index (κ3) is 16.9. The molecule has 0 spiro atoms. The first kappa shape index (κ1) is 62.3. The Labute approximate surface area is 450 Å². The number of likely N-dealkylation sites (tertiary alicyclic amines) is 1. The highest BCUT2D eigenvalue weighted by atomic mass is 16.5. The van der Waals surface area contributed by atoms with Gasteiger partial charge >= 0.3 is 5.97 Å². The molecule has 0 bridgehead atoms. The first-order chi connectivity index (χ1) is 36.1. The average Bonchev–Trinajstić information content (AvgIpc) is 4.01. The molecule has 0 unspecified atom stereocenters. The van der Waals surface area contributed by atoms with Crippen molar-refractivity contribution in [2.24, 2.45) is 17.8 Å². The van der Waals surface area contributed by atoms with Crippen LogP contribution < -0.4 is 15.5 Å². The molecule has 2 aliphatic rings. The molecule has 1 saturated heterocycles. The highest BCUT2D eigenvalue weighted by Crippen LogP contribution is 2.30. The number of aliphatic carboxylic acids is 1. The Morgan fingerprint density at radius 3 is 2.01 bits per heavy atom. The number of anilines is 1. The molecule has 0 aliphatic carbocycles. The summed E-state index contributed by atoms with van der Waals surface area (Å²) in [5, 5.41) is 15.7. The Bertz CT molecular complexity index is 2320. The van der Waals surface area contributed by atoms with Gasteiger partial charge in [0.05, 0.1) is 42.7 Å². The average molecular weight is 1060 g/mol. The third-order valence-electron chi connectivity index (χ3n) is 15.0. The molecular weight excluding hydrogens is 971 g/mol. The van der Waals surface area contributed by atoms with Crippen molar-refractivity contribution in [1.82, 2.24) is 30.2 Å². The summed E-state index contributed by atoms with van der Waals surface area (Å²) >= 11 is 0. The van der Waals surface area contributed by atoms with Gasteiger partial charge in [0.2, 0.25) is 29.5 Å². The van der Waals surface area contributed by atoms with E-state index in [9.17, 15) is 43.5 Å². The highest BCUT2D eigenvalue weighted by molar-refractivity contribution is 6.12. The van der Waals surface area contributed by atoms with E-state index in [4.69, 9.17) is 9.47 Å². The summed E-state index contributed by atoms with van der Waals surface area (Å²) in [6.07, 6.45) is 5.60. The number of benzene rings is 2. The zero-order valence-electron chi connectivity index (χ0n) is 46.8. The summed E-state index contributed by atoms with van der Waals surface area (Å²) in [6.45, 7) is 16.9. The van der Waals surface area contributed by atoms with Gasteiger partial charge in [-0.3, -0.25) is 43.4 Å². The number of likely N-dealkylation sites (N-methyl/N-ethyl adjacent to an activating group) is 2. The lowest BCUT2D eigenvalue weighted by molar-refractivity contribution is -0.146. The van der Waals surface area contributed by atoms with Crippen LogP contribution in [0.4, 0.5) is 5.69 Å². The maximum Gasteiger partial charge on any atom is 0.326 e. The van der Waals surface area contributed by atoms with Crippen molar-refractivity contribution in [2.45, 2.75) is 148 Å². The Morgan fingerprint density at radius 1 is 0.803 bits per heavy atom. The fourth-order valence-corrected chi connectivity index (χ4v) is 10.4. The summed E-state index contributed by atoms with van der Waals surface area (Å²) in [6, 6.07) is 12.9. The number of carboxylic acids is 1. The van der Waals surface area contributed by atoms with Crippen LogP contribution in [0.3, 0.4) is 0 Å². The quantitative estimate of drug-likeness (QED) is 0.0490. The number of imide groups is 1. The lowest BCUT2D eigenvalue weighted by Gasteiger charge is -2.39. The molecule has 7 amide bonds. The lowest BCUT2D eigenvalue weighted by atomic mass is 9.92. The van der Waals surface area contributed by atoms with Gasteiger partial charge in [-0.1, -0.05) is 103 Å². The number of carboxylic acid groups (broad SMARTS) is 1. The van der Waals surface area contributed by atoms with E-state index in [0.29, 0.717) is 76.6 Å². The van der Waals surface area contributed by atoms with E-state index in [0.717, 1.165) is 16.8 Å². The summed E-state index contributed by atoms with van der Waals surface area (Å²) in [5.74, 6) is -4.44. The second-order valence-corrected chi connectivity index (χ2v) is 21.0. The third-order valence-corrected chi connectivity index (χ3v) is 15.0. The molecular formula is C58H85N7O11. The summed E-state index contributed by atoms with van der Waals surface area (Å²) < 4.78 is 11.9. The number of rotatable bonds is 31. The van der Waals surface area contributed by atoms with Crippen LogP contribution in [-0.2, 0) is 60.7 Å². The van der Waals surface area contributed by atoms with E-state index in [1.165, 1.54) is 36.2 Å². The molecule has 18 heteroatoms. The van der Waals surface area contributed by atoms with Gasteiger partial charge < -0.3 is 39.9 Å². The Balaban J connectivity index is 1.37. The van der Waals surface area contributed by atoms with E-state index in [-0.39, 0.29) is 60.1 Å². The number of nitrogens with one attached hydrogen (secondary N) is 2. The van der Waals surface area contributed by atoms with Crippen molar-refractivity contribution in [2.75, 3.05) is 59.9 Å². The first-order valence-corrected chi connectivity index (χ1v) is 26.8. The molecule has 8 atom stereocenters. The topological polar surface area (TPSA) is 216 Å². The molecule has 2 aromatic rings. The van der Waals surface area contributed by atoms with E-state index in [1.54, 1.807) is 55.1 Å². The number of carbonyl (C=O) groups is 8. The van der Waals surface area contributed by atoms with Crippen molar-refractivity contribution in [3.8, 4) is 0 Å². The smallest absolute Gasteiger partial charge is 0.326 e. The van der Waals surface area contributed by atoms with Crippen molar-refractivity contribution in [1.29, 1.82) is 0 Å². The van der Waals surface area contributed by atoms with Crippen molar-refractivity contribution in [3.63, 3.8) is 0 Å². The predicted octanol–water partition coefficient (Wildman–Crippen LogP) is 5.43. The molecule has 18 nitrogen and oxygen atoms in total. The first-order valence-electron chi connectivity index (χ1n) is 26.8. The van der Waals surface area contributed by atoms with Crippen molar-refractivity contribution in [3.05, 3.63) is 90.0 Å². The molecule has 0 radical (unpaired) electrons.